The molecule has 5 rings (SSSR count). The Morgan fingerprint density at radius 2 is 1.87 bits per heavy atom. The summed E-state index contributed by atoms with van der Waals surface area (Å²) < 4.78 is 46.6. The van der Waals surface area contributed by atoms with E-state index in [2.05, 4.69) is 25.4 Å². The van der Waals surface area contributed by atoms with Crippen LogP contribution in [0.2, 0.25) is 0 Å². The molecule has 164 valence electrons. The number of piperazine rings is 1. The van der Waals surface area contributed by atoms with Crippen LogP contribution in [0, 0.1) is 0 Å². The molecule has 2 aliphatic heterocycles. The van der Waals surface area contributed by atoms with Crippen molar-refractivity contribution >= 4 is 16.9 Å². The lowest BCUT2D eigenvalue weighted by molar-refractivity contribution is -0.137. The van der Waals surface area contributed by atoms with Crippen molar-refractivity contribution in [2.24, 2.45) is 0 Å². The van der Waals surface area contributed by atoms with Gasteiger partial charge in [-0.1, -0.05) is 0 Å². The fraction of sp³-hybridized carbons (Fsp3) is 0.455. The summed E-state index contributed by atoms with van der Waals surface area (Å²) in [7, 11) is 1.41. The second kappa shape index (κ2) is 7.71. The smallest absolute Gasteiger partial charge is 0.416 e. The maximum atomic E-state index is 13.0. The van der Waals surface area contributed by atoms with Crippen molar-refractivity contribution in [2.75, 3.05) is 38.2 Å². The van der Waals surface area contributed by atoms with Gasteiger partial charge in [0.25, 0.3) is 0 Å². The van der Waals surface area contributed by atoms with Crippen LogP contribution in [0.15, 0.2) is 30.5 Å². The third-order valence-electron chi connectivity index (χ3n) is 6.22. The number of ether oxygens (including phenoxy) is 1. The van der Waals surface area contributed by atoms with Crippen LogP contribution in [0.4, 0.5) is 18.9 Å². The van der Waals surface area contributed by atoms with Gasteiger partial charge >= 0.3 is 6.18 Å². The van der Waals surface area contributed by atoms with Crippen molar-refractivity contribution in [3.05, 3.63) is 47.4 Å². The number of alkyl halides is 3. The highest BCUT2D eigenvalue weighted by Crippen LogP contribution is 2.37. The largest absolute Gasteiger partial charge is 0.495 e. The molecule has 0 bridgehead atoms. The monoisotopic (exact) mass is 430 g/mol. The molecule has 0 atom stereocenters. The van der Waals surface area contributed by atoms with Gasteiger partial charge in [-0.05, 0) is 42.7 Å². The number of aromatic nitrogens is 3. The summed E-state index contributed by atoms with van der Waals surface area (Å²) in [4.78, 5) is 13.7. The van der Waals surface area contributed by atoms with E-state index in [9.17, 15) is 13.2 Å². The predicted molar refractivity (Wildman–Crippen MR) is 111 cm³/mol. The maximum Gasteiger partial charge on any atom is 0.416 e. The third kappa shape index (κ3) is 3.71. The summed E-state index contributed by atoms with van der Waals surface area (Å²) in [5, 5.41) is 0. The number of benzene rings is 1. The van der Waals surface area contributed by atoms with Crippen LogP contribution in [0.3, 0.4) is 0 Å². The Bertz CT molecular complexity index is 1100. The number of aryl methyl sites for hydroxylation is 2. The van der Waals surface area contributed by atoms with E-state index in [1.54, 1.807) is 0 Å². The molecule has 0 N–H and O–H groups in total. The number of hydrogen-bond acceptors (Lipinski definition) is 5. The van der Waals surface area contributed by atoms with Gasteiger partial charge in [-0.25, -0.2) is 9.97 Å². The van der Waals surface area contributed by atoms with Crippen molar-refractivity contribution in [1.29, 1.82) is 0 Å². The molecule has 1 saturated heterocycles. The SMILES string of the molecule is [11CH3]Oc1cc(C(F)(F)F)ccc1N1CCN(Cc2nc3nccc4c3n2CCC4)CC1. The Hall–Kier alpha value is -2.81. The van der Waals surface area contributed by atoms with Gasteiger partial charge in [0.15, 0.2) is 5.65 Å². The van der Waals surface area contributed by atoms with Crippen LogP contribution >= 0.6 is 0 Å². The Morgan fingerprint density at radius 3 is 2.61 bits per heavy atom. The summed E-state index contributed by atoms with van der Waals surface area (Å²) >= 11 is 0. The van der Waals surface area contributed by atoms with Gasteiger partial charge in [0.05, 0.1) is 30.4 Å². The Morgan fingerprint density at radius 1 is 1.06 bits per heavy atom. The number of halogens is 3. The molecule has 0 spiro atoms. The van der Waals surface area contributed by atoms with Crippen molar-refractivity contribution < 1.29 is 17.9 Å². The van der Waals surface area contributed by atoms with Crippen LogP contribution in [0.5, 0.6) is 5.75 Å². The van der Waals surface area contributed by atoms with Crippen LogP contribution in [0.1, 0.15) is 23.4 Å². The lowest BCUT2D eigenvalue weighted by Crippen LogP contribution is -2.46. The van der Waals surface area contributed by atoms with E-state index in [-0.39, 0.29) is 5.75 Å². The van der Waals surface area contributed by atoms with Gasteiger partial charge in [-0.15, -0.1) is 0 Å². The van der Waals surface area contributed by atoms with Crippen LogP contribution in [0.25, 0.3) is 11.2 Å². The number of hydrogen-bond donors (Lipinski definition) is 0. The first-order chi connectivity index (χ1) is 14.9. The summed E-state index contributed by atoms with van der Waals surface area (Å²) in [6.45, 7) is 4.74. The van der Waals surface area contributed by atoms with E-state index >= 15 is 0 Å². The number of rotatable bonds is 4. The van der Waals surface area contributed by atoms with E-state index in [0.29, 0.717) is 18.8 Å². The second-order valence-corrected chi connectivity index (χ2v) is 8.07. The zero-order chi connectivity index (χ0) is 21.6. The summed E-state index contributed by atoms with van der Waals surface area (Å²) in [5.41, 5.74) is 3.30. The van der Waals surface area contributed by atoms with Gasteiger partial charge in [0.1, 0.15) is 11.6 Å². The van der Waals surface area contributed by atoms with Gasteiger partial charge in [-0.2, -0.15) is 13.2 Å². The van der Waals surface area contributed by atoms with Crippen molar-refractivity contribution in [3.8, 4) is 5.75 Å². The number of imidazole rings is 1. The Kier molecular flexibility index (Phi) is 5.00. The Labute approximate surface area is 178 Å². The van der Waals surface area contributed by atoms with E-state index in [4.69, 9.17) is 9.72 Å². The molecule has 31 heavy (non-hydrogen) atoms. The molecule has 0 aliphatic carbocycles. The van der Waals surface area contributed by atoms with E-state index in [0.717, 1.165) is 68.1 Å². The van der Waals surface area contributed by atoms with Gasteiger partial charge in [0.2, 0.25) is 0 Å². The van der Waals surface area contributed by atoms with E-state index < -0.39 is 11.7 Å². The fourth-order valence-corrected chi connectivity index (χ4v) is 4.62. The normalized spacial score (nSPS) is 17.4. The Balaban J connectivity index is 1.30. The van der Waals surface area contributed by atoms with Crippen LogP contribution in [-0.4, -0.2) is 52.7 Å². The summed E-state index contributed by atoms with van der Waals surface area (Å²) in [6, 6.07) is 5.79. The lowest BCUT2D eigenvalue weighted by Gasteiger charge is -2.36. The highest BCUT2D eigenvalue weighted by Gasteiger charge is 2.32. The first-order valence-corrected chi connectivity index (χ1v) is 10.5. The molecule has 0 radical (unpaired) electrons. The number of anilines is 1. The molecule has 4 heterocycles. The first-order valence-electron chi connectivity index (χ1n) is 10.5. The van der Waals surface area contributed by atoms with Gasteiger partial charge in [0, 0.05) is 38.9 Å². The molecule has 0 unspecified atom stereocenters. The van der Waals surface area contributed by atoms with E-state index in [1.165, 1.54) is 18.7 Å². The zero-order valence-electron chi connectivity index (χ0n) is 17.3. The van der Waals surface area contributed by atoms with Crippen LogP contribution < -0.4 is 9.64 Å². The highest BCUT2D eigenvalue weighted by molar-refractivity contribution is 5.76. The summed E-state index contributed by atoms with van der Waals surface area (Å²) in [6.07, 6.45) is -0.373. The molecule has 1 aromatic carbocycles. The highest BCUT2D eigenvalue weighted by atomic mass is 19.4. The minimum Gasteiger partial charge on any atom is -0.495 e. The minimum atomic E-state index is -4.38. The molecule has 2 aliphatic rings. The van der Waals surface area contributed by atoms with Crippen molar-refractivity contribution in [1.82, 2.24) is 19.4 Å². The molecule has 6 nitrogen and oxygen atoms in total. The number of nitrogens with zero attached hydrogens (tertiary/aromatic N) is 5. The molecule has 0 saturated carbocycles. The molecular formula is C22H24F3N5O. The molecule has 3 aromatic rings. The quantitative estimate of drug-likeness (QED) is 0.631. The lowest BCUT2D eigenvalue weighted by atomic mass is 10.1. The topological polar surface area (TPSA) is 46.4 Å². The van der Waals surface area contributed by atoms with Crippen molar-refractivity contribution in [2.45, 2.75) is 32.1 Å². The van der Waals surface area contributed by atoms with Gasteiger partial charge in [-0.3, -0.25) is 4.90 Å². The summed E-state index contributed by atoms with van der Waals surface area (Å²) in [5.74, 6) is 1.29. The fourth-order valence-electron chi connectivity index (χ4n) is 4.62. The predicted octanol–water partition coefficient (Wildman–Crippen LogP) is 3.73. The molecule has 9 heteroatoms. The molecule has 1 fully saturated rings. The first kappa shape index (κ1) is 20.1. The standard InChI is InChI=1S/C22H24F3N5O/c1-31-18-13-16(22(23,24)25)4-5-17(18)29-11-9-28(10-12-29)14-19-27-21-20-15(6-7-26-21)3-2-8-30(19)20/h4-7,13H,2-3,8-12,14H2,1H3/i1-1. The molecule has 0 amide bonds. The van der Waals surface area contributed by atoms with Crippen LogP contribution in [-0.2, 0) is 25.7 Å². The van der Waals surface area contributed by atoms with E-state index in [1.807, 2.05) is 6.20 Å². The minimum absolute atomic E-state index is 0.255. The maximum absolute atomic E-state index is 13.0. The average molecular weight is 430 g/mol. The molecular weight excluding hydrogens is 406 g/mol. The molecule has 2 aromatic heterocycles. The average Bonchev–Trinajstić information content (AvgIpc) is 3.12. The number of methoxy groups -OCH3 is 1. The number of pyridine rings is 1. The van der Waals surface area contributed by atoms with Gasteiger partial charge < -0.3 is 14.2 Å². The third-order valence-corrected chi connectivity index (χ3v) is 6.22. The zero-order valence-corrected chi connectivity index (χ0v) is 17.3. The second-order valence-electron chi connectivity index (χ2n) is 8.07. The van der Waals surface area contributed by atoms with Crippen molar-refractivity contribution in [3.63, 3.8) is 0 Å².